The Morgan fingerprint density at radius 2 is 2.00 bits per heavy atom. The molecule has 6 nitrogen and oxygen atoms in total. The van der Waals surface area contributed by atoms with Crippen LogP contribution in [-0.2, 0) is 11.2 Å². The molecule has 1 aromatic carbocycles. The molecule has 2 unspecified atom stereocenters. The number of carboxylic acid groups (broad SMARTS) is 1. The van der Waals surface area contributed by atoms with Gasteiger partial charge < -0.3 is 5.11 Å². The van der Waals surface area contributed by atoms with Crippen LogP contribution in [-0.4, -0.2) is 31.3 Å². The van der Waals surface area contributed by atoms with Gasteiger partial charge in [-0.15, -0.1) is 5.10 Å². The molecule has 0 aliphatic heterocycles. The molecule has 0 saturated carbocycles. The third-order valence-corrected chi connectivity index (χ3v) is 3.26. The number of carbonyl (C=O) groups is 1. The van der Waals surface area contributed by atoms with E-state index in [0.29, 0.717) is 12.2 Å². The van der Waals surface area contributed by atoms with Crippen LogP contribution >= 0.6 is 0 Å². The van der Waals surface area contributed by atoms with Gasteiger partial charge >= 0.3 is 5.97 Å². The van der Waals surface area contributed by atoms with Crippen LogP contribution in [0.25, 0.3) is 0 Å². The monoisotopic (exact) mass is 260 g/mol. The van der Waals surface area contributed by atoms with Crippen molar-refractivity contribution in [3.05, 3.63) is 41.7 Å². The van der Waals surface area contributed by atoms with Crippen molar-refractivity contribution in [2.24, 2.45) is 5.92 Å². The highest BCUT2D eigenvalue weighted by atomic mass is 16.4. The van der Waals surface area contributed by atoms with Crippen molar-refractivity contribution < 1.29 is 9.90 Å². The van der Waals surface area contributed by atoms with E-state index in [9.17, 15) is 4.79 Å². The molecule has 6 heteroatoms. The first-order valence-electron chi connectivity index (χ1n) is 6.13. The van der Waals surface area contributed by atoms with Crippen molar-refractivity contribution in [2.75, 3.05) is 0 Å². The summed E-state index contributed by atoms with van der Waals surface area (Å²) in [5, 5.41) is 20.6. The molecule has 0 radical (unpaired) electrons. The Hall–Kier alpha value is -2.24. The molecule has 0 saturated heterocycles. The second-order valence-corrected chi connectivity index (χ2v) is 4.57. The van der Waals surface area contributed by atoms with Crippen molar-refractivity contribution >= 4 is 5.97 Å². The van der Waals surface area contributed by atoms with Gasteiger partial charge in [0.05, 0.1) is 12.0 Å². The molecule has 1 heterocycles. The second kappa shape index (κ2) is 5.60. The molecule has 1 N–H and O–H groups in total. The summed E-state index contributed by atoms with van der Waals surface area (Å²) in [6.07, 6.45) is 0.588. The predicted molar refractivity (Wildman–Crippen MR) is 68.6 cm³/mol. The van der Waals surface area contributed by atoms with Gasteiger partial charge in [0.2, 0.25) is 0 Å². The molecule has 0 aliphatic rings. The van der Waals surface area contributed by atoms with Crippen molar-refractivity contribution in [1.82, 2.24) is 20.2 Å². The van der Waals surface area contributed by atoms with Crippen molar-refractivity contribution in [2.45, 2.75) is 26.3 Å². The highest BCUT2D eigenvalue weighted by molar-refractivity contribution is 5.70. The van der Waals surface area contributed by atoms with E-state index in [-0.39, 0.29) is 6.04 Å². The smallest absolute Gasteiger partial charge is 0.308 e. The fourth-order valence-corrected chi connectivity index (χ4v) is 1.84. The maximum absolute atomic E-state index is 11.0. The largest absolute Gasteiger partial charge is 0.481 e. The van der Waals surface area contributed by atoms with Gasteiger partial charge in [0, 0.05) is 6.42 Å². The average Bonchev–Trinajstić information content (AvgIpc) is 2.86. The standard InChI is InChI=1S/C13H16N4O2/c1-9(13(18)19)10(2)17-12(14-15-16-17)8-11-6-4-3-5-7-11/h3-7,9-10H,8H2,1-2H3,(H,18,19). The molecule has 0 bridgehead atoms. The van der Waals surface area contributed by atoms with Gasteiger partial charge in [-0.3, -0.25) is 4.79 Å². The molecule has 0 spiro atoms. The highest BCUT2D eigenvalue weighted by Gasteiger charge is 2.24. The minimum Gasteiger partial charge on any atom is -0.481 e. The lowest BCUT2D eigenvalue weighted by Gasteiger charge is -2.17. The third-order valence-electron chi connectivity index (χ3n) is 3.26. The summed E-state index contributed by atoms with van der Waals surface area (Å²) < 4.78 is 1.59. The summed E-state index contributed by atoms with van der Waals surface area (Å²) in [6.45, 7) is 3.46. The van der Waals surface area contributed by atoms with Gasteiger partial charge in [0.15, 0.2) is 5.82 Å². The Labute approximate surface area is 111 Å². The molecule has 1 aromatic heterocycles. The number of hydrogen-bond donors (Lipinski definition) is 1. The highest BCUT2D eigenvalue weighted by Crippen LogP contribution is 2.18. The van der Waals surface area contributed by atoms with Crippen molar-refractivity contribution in [3.63, 3.8) is 0 Å². The molecule has 2 aromatic rings. The molecule has 19 heavy (non-hydrogen) atoms. The zero-order valence-corrected chi connectivity index (χ0v) is 10.9. The van der Waals surface area contributed by atoms with E-state index in [1.807, 2.05) is 37.3 Å². The summed E-state index contributed by atoms with van der Waals surface area (Å²) in [4.78, 5) is 11.0. The molecular formula is C13H16N4O2. The predicted octanol–water partition coefficient (Wildman–Crippen LogP) is 1.55. The van der Waals surface area contributed by atoms with E-state index < -0.39 is 11.9 Å². The first-order valence-corrected chi connectivity index (χ1v) is 6.13. The van der Waals surface area contributed by atoms with E-state index in [0.717, 1.165) is 5.56 Å². The van der Waals surface area contributed by atoms with Crippen LogP contribution in [0.1, 0.15) is 31.3 Å². The number of tetrazole rings is 1. The van der Waals surface area contributed by atoms with Crippen LogP contribution in [0.2, 0.25) is 0 Å². The van der Waals surface area contributed by atoms with Crippen LogP contribution in [0.5, 0.6) is 0 Å². The summed E-state index contributed by atoms with van der Waals surface area (Å²) >= 11 is 0. The SMILES string of the molecule is CC(C(=O)O)C(C)n1nnnc1Cc1ccccc1. The molecular weight excluding hydrogens is 244 g/mol. The quantitative estimate of drug-likeness (QED) is 0.882. The first-order chi connectivity index (χ1) is 9.09. The minimum atomic E-state index is -0.853. The number of hydrogen-bond acceptors (Lipinski definition) is 4. The zero-order chi connectivity index (χ0) is 13.8. The van der Waals surface area contributed by atoms with E-state index >= 15 is 0 Å². The first kappa shape index (κ1) is 13.2. The fourth-order valence-electron chi connectivity index (χ4n) is 1.84. The van der Waals surface area contributed by atoms with Crippen LogP contribution in [0.15, 0.2) is 30.3 Å². The topological polar surface area (TPSA) is 80.9 Å². The van der Waals surface area contributed by atoms with Gasteiger partial charge in [0.1, 0.15) is 0 Å². The van der Waals surface area contributed by atoms with E-state index in [1.54, 1.807) is 11.6 Å². The number of rotatable bonds is 5. The summed E-state index contributed by atoms with van der Waals surface area (Å²) in [6, 6.07) is 9.54. The van der Waals surface area contributed by atoms with Crippen LogP contribution in [0, 0.1) is 5.92 Å². The second-order valence-electron chi connectivity index (χ2n) is 4.57. The summed E-state index contributed by atoms with van der Waals surface area (Å²) in [7, 11) is 0. The molecule has 0 amide bonds. The Kier molecular flexibility index (Phi) is 3.89. The van der Waals surface area contributed by atoms with Crippen LogP contribution in [0.4, 0.5) is 0 Å². The Morgan fingerprint density at radius 1 is 1.32 bits per heavy atom. The number of benzene rings is 1. The van der Waals surface area contributed by atoms with E-state index in [4.69, 9.17) is 5.11 Å². The molecule has 0 fully saturated rings. The minimum absolute atomic E-state index is 0.286. The normalized spacial score (nSPS) is 14.0. The van der Waals surface area contributed by atoms with E-state index in [1.165, 1.54) is 0 Å². The van der Waals surface area contributed by atoms with E-state index in [2.05, 4.69) is 15.5 Å². The van der Waals surface area contributed by atoms with Gasteiger partial charge in [-0.25, -0.2) is 4.68 Å². The number of carboxylic acids is 1. The Bertz CT molecular complexity index is 553. The molecule has 100 valence electrons. The van der Waals surface area contributed by atoms with Crippen LogP contribution in [0.3, 0.4) is 0 Å². The lowest BCUT2D eigenvalue weighted by molar-refractivity contribution is -0.142. The Morgan fingerprint density at radius 3 is 2.63 bits per heavy atom. The summed E-state index contributed by atoms with van der Waals surface area (Å²) in [5.74, 6) is -0.724. The van der Waals surface area contributed by atoms with Crippen LogP contribution < -0.4 is 0 Å². The lowest BCUT2D eigenvalue weighted by atomic mass is 10.0. The number of aliphatic carboxylic acids is 1. The summed E-state index contributed by atoms with van der Waals surface area (Å²) in [5.41, 5.74) is 1.09. The van der Waals surface area contributed by atoms with Gasteiger partial charge in [0.25, 0.3) is 0 Å². The number of aromatic nitrogens is 4. The third kappa shape index (κ3) is 2.96. The molecule has 0 aliphatic carbocycles. The lowest BCUT2D eigenvalue weighted by Crippen LogP contribution is -2.24. The zero-order valence-electron chi connectivity index (χ0n) is 10.9. The Balaban J connectivity index is 2.20. The average molecular weight is 260 g/mol. The fraction of sp³-hybridized carbons (Fsp3) is 0.385. The number of nitrogens with zero attached hydrogens (tertiary/aromatic N) is 4. The van der Waals surface area contributed by atoms with Gasteiger partial charge in [-0.1, -0.05) is 30.3 Å². The molecule has 2 atom stereocenters. The molecule has 2 rings (SSSR count). The maximum Gasteiger partial charge on any atom is 0.308 e. The van der Waals surface area contributed by atoms with Crippen molar-refractivity contribution in [1.29, 1.82) is 0 Å². The van der Waals surface area contributed by atoms with Crippen molar-refractivity contribution in [3.8, 4) is 0 Å². The van der Waals surface area contributed by atoms with Gasteiger partial charge in [-0.2, -0.15) is 0 Å². The van der Waals surface area contributed by atoms with Gasteiger partial charge in [-0.05, 0) is 29.8 Å². The maximum atomic E-state index is 11.0.